The van der Waals surface area contributed by atoms with Gasteiger partial charge in [-0.25, -0.2) is 14.6 Å². The Kier molecular flexibility index (Phi) is 9.39. The number of aryl methyl sites for hydroxylation is 2. The lowest BCUT2D eigenvalue weighted by atomic mass is 10.0. The summed E-state index contributed by atoms with van der Waals surface area (Å²) in [5.74, 6) is -2.33. The minimum Gasteiger partial charge on any atom is -0.478 e. The van der Waals surface area contributed by atoms with E-state index in [1.165, 1.54) is 12.1 Å². The second-order valence-corrected chi connectivity index (χ2v) is 8.75. The number of aromatic nitrogens is 2. The first-order valence-corrected chi connectivity index (χ1v) is 12.4. The Morgan fingerprint density at radius 3 is 2.17 bits per heavy atom. The Hall–Kier alpha value is -3.94. The van der Waals surface area contributed by atoms with Crippen molar-refractivity contribution < 1.29 is 24.6 Å². The average molecular weight is 492 g/mol. The van der Waals surface area contributed by atoms with Crippen LogP contribution in [0.15, 0.2) is 54.7 Å². The van der Waals surface area contributed by atoms with Crippen LogP contribution < -0.4 is 0 Å². The fraction of sp³-hybridized carbons (Fsp3) is 0.357. The number of carbonyl (C=O) groups is 3. The molecule has 190 valence electrons. The second kappa shape index (κ2) is 12.7. The molecule has 2 N–H and O–H groups in total. The Morgan fingerprint density at radius 2 is 1.58 bits per heavy atom. The molecule has 0 unspecified atom stereocenters. The summed E-state index contributed by atoms with van der Waals surface area (Å²) >= 11 is 0. The molecule has 1 amide bonds. The lowest BCUT2D eigenvalue weighted by molar-refractivity contribution is 0.0695. The van der Waals surface area contributed by atoms with E-state index in [0.717, 1.165) is 37.3 Å². The van der Waals surface area contributed by atoms with Crippen LogP contribution in [0.1, 0.15) is 76.3 Å². The second-order valence-electron chi connectivity index (χ2n) is 8.75. The van der Waals surface area contributed by atoms with Gasteiger partial charge in [0, 0.05) is 31.4 Å². The van der Waals surface area contributed by atoms with E-state index in [2.05, 4.69) is 18.8 Å². The molecule has 36 heavy (non-hydrogen) atoms. The van der Waals surface area contributed by atoms with Gasteiger partial charge in [0.1, 0.15) is 11.5 Å². The number of rotatable bonds is 13. The van der Waals surface area contributed by atoms with Crippen LogP contribution in [0.25, 0.3) is 11.4 Å². The van der Waals surface area contributed by atoms with E-state index < -0.39 is 11.9 Å². The standard InChI is InChI=1S/C28H33N3O5/c1-3-5-15-30(16-6-4-2)26(32)24-19-31(17-14-20-10-8-7-9-11-20)25(29-24)22-13-12-21(27(33)34)18-23(22)28(35)36/h7-13,18-19H,3-6,14-17H2,1-2H3,(H,33,34)(H,35,36). The molecular formula is C28H33N3O5. The third-order valence-electron chi connectivity index (χ3n) is 6.07. The number of carboxylic acids is 2. The molecule has 0 saturated carbocycles. The van der Waals surface area contributed by atoms with Crippen molar-refractivity contribution in [2.45, 2.75) is 52.5 Å². The van der Waals surface area contributed by atoms with Crippen molar-refractivity contribution in [2.24, 2.45) is 0 Å². The summed E-state index contributed by atoms with van der Waals surface area (Å²) in [6.45, 7) is 5.90. The van der Waals surface area contributed by atoms with Crippen molar-refractivity contribution >= 4 is 17.8 Å². The van der Waals surface area contributed by atoms with Crippen molar-refractivity contribution in [2.75, 3.05) is 13.1 Å². The fourth-order valence-corrected chi connectivity index (χ4v) is 4.02. The molecule has 0 bridgehead atoms. The number of hydrogen-bond donors (Lipinski definition) is 2. The zero-order valence-corrected chi connectivity index (χ0v) is 20.8. The first kappa shape index (κ1) is 26.7. The van der Waals surface area contributed by atoms with Crippen molar-refractivity contribution in [1.29, 1.82) is 0 Å². The first-order valence-electron chi connectivity index (χ1n) is 12.4. The van der Waals surface area contributed by atoms with Crippen molar-refractivity contribution in [1.82, 2.24) is 14.5 Å². The predicted octanol–water partition coefficient (Wildman–Crippen LogP) is 5.23. The molecule has 0 atom stereocenters. The normalized spacial score (nSPS) is 10.8. The van der Waals surface area contributed by atoms with Gasteiger partial charge in [-0.15, -0.1) is 0 Å². The summed E-state index contributed by atoms with van der Waals surface area (Å²) in [7, 11) is 0. The van der Waals surface area contributed by atoms with Crippen LogP contribution in [0, 0.1) is 0 Å². The van der Waals surface area contributed by atoms with Gasteiger partial charge in [-0.2, -0.15) is 0 Å². The summed E-state index contributed by atoms with van der Waals surface area (Å²) < 4.78 is 1.79. The molecular weight excluding hydrogens is 458 g/mol. The van der Waals surface area contributed by atoms with E-state index >= 15 is 0 Å². The highest BCUT2D eigenvalue weighted by Crippen LogP contribution is 2.26. The van der Waals surface area contributed by atoms with E-state index in [4.69, 9.17) is 0 Å². The number of imidazole rings is 1. The maximum atomic E-state index is 13.4. The molecule has 0 saturated heterocycles. The molecule has 8 nitrogen and oxygen atoms in total. The Balaban J connectivity index is 2.05. The van der Waals surface area contributed by atoms with E-state index in [-0.39, 0.29) is 28.3 Å². The number of carboxylic acid groups (broad SMARTS) is 2. The van der Waals surface area contributed by atoms with Gasteiger partial charge in [0.2, 0.25) is 0 Å². The number of carbonyl (C=O) groups excluding carboxylic acids is 1. The zero-order chi connectivity index (χ0) is 26.1. The summed E-state index contributed by atoms with van der Waals surface area (Å²) in [5, 5.41) is 19.2. The van der Waals surface area contributed by atoms with Gasteiger partial charge >= 0.3 is 11.9 Å². The maximum Gasteiger partial charge on any atom is 0.336 e. The predicted molar refractivity (Wildman–Crippen MR) is 137 cm³/mol. The minimum absolute atomic E-state index is 0.125. The van der Waals surface area contributed by atoms with Crippen LogP contribution in [0.2, 0.25) is 0 Å². The van der Waals surface area contributed by atoms with E-state index in [1.807, 2.05) is 35.2 Å². The smallest absolute Gasteiger partial charge is 0.336 e. The monoisotopic (exact) mass is 491 g/mol. The Bertz CT molecular complexity index is 1200. The zero-order valence-electron chi connectivity index (χ0n) is 20.8. The largest absolute Gasteiger partial charge is 0.478 e. The molecule has 0 aliphatic rings. The van der Waals surface area contributed by atoms with Gasteiger partial charge in [-0.3, -0.25) is 4.79 Å². The van der Waals surface area contributed by atoms with Gasteiger partial charge in [0.05, 0.1) is 11.1 Å². The van der Waals surface area contributed by atoms with Gasteiger partial charge in [-0.1, -0.05) is 57.0 Å². The molecule has 0 aliphatic carbocycles. The van der Waals surface area contributed by atoms with Gasteiger partial charge in [0.25, 0.3) is 5.91 Å². The lowest BCUT2D eigenvalue weighted by Crippen LogP contribution is -2.33. The van der Waals surface area contributed by atoms with E-state index in [0.29, 0.717) is 31.9 Å². The summed E-state index contributed by atoms with van der Waals surface area (Å²) in [5.41, 5.74) is 1.32. The average Bonchev–Trinajstić information content (AvgIpc) is 3.31. The quantitative estimate of drug-likeness (QED) is 0.338. The highest BCUT2D eigenvalue weighted by Gasteiger charge is 2.24. The summed E-state index contributed by atoms with van der Waals surface area (Å²) in [4.78, 5) is 43.3. The molecule has 0 spiro atoms. The molecule has 0 fully saturated rings. The molecule has 3 aromatic rings. The molecule has 0 aliphatic heterocycles. The molecule has 2 aromatic carbocycles. The Morgan fingerprint density at radius 1 is 0.917 bits per heavy atom. The number of nitrogens with zero attached hydrogens (tertiary/aromatic N) is 3. The van der Waals surface area contributed by atoms with Crippen LogP contribution in [-0.2, 0) is 13.0 Å². The van der Waals surface area contributed by atoms with Crippen LogP contribution in [0.4, 0.5) is 0 Å². The van der Waals surface area contributed by atoms with Crippen LogP contribution in [-0.4, -0.2) is 55.6 Å². The van der Waals surface area contributed by atoms with Crippen LogP contribution in [0.5, 0.6) is 0 Å². The lowest BCUT2D eigenvalue weighted by Gasteiger charge is -2.21. The summed E-state index contributed by atoms with van der Waals surface area (Å²) in [6.07, 6.45) is 6.04. The third kappa shape index (κ3) is 6.59. The van der Waals surface area contributed by atoms with E-state index in [1.54, 1.807) is 10.8 Å². The van der Waals surface area contributed by atoms with Crippen molar-refractivity contribution in [3.63, 3.8) is 0 Å². The summed E-state index contributed by atoms with van der Waals surface area (Å²) in [6, 6.07) is 13.8. The van der Waals surface area contributed by atoms with Gasteiger partial charge < -0.3 is 19.7 Å². The number of benzene rings is 2. The van der Waals surface area contributed by atoms with Crippen molar-refractivity contribution in [3.05, 3.63) is 77.1 Å². The minimum atomic E-state index is -1.26. The first-order chi connectivity index (χ1) is 17.3. The SMILES string of the molecule is CCCCN(CCCC)C(=O)c1cn(CCc2ccccc2)c(-c2ccc(C(=O)O)cc2C(=O)O)n1. The number of aromatic carboxylic acids is 2. The molecule has 3 rings (SSSR count). The molecule has 8 heteroatoms. The van der Waals surface area contributed by atoms with Gasteiger partial charge in [-0.05, 0) is 43.0 Å². The maximum absolute atomic E-state index is 13.4. The van der Waals surface area contributed by atoms with E-state index in [9.17, 15) is 24.6 Å². The number of hydrogen-bond acceptors (Lipinski definition) is 4. The van der Waals surface area contributed by atoms with Gasteiger partial charge in [0.15, 0.2) is 0 Å². The topological polar surface area (TPSA) is 113 Å². The highest BCUT2D eigenvalue weighted by molar-refractivity contribution is 5.99. The Labute approximate surface area is 211 Å². The number of unbranched alkanes of at least 4 members (excludes halogenated alkanes) is 2. The molecule has 1 heterocycles. The number of amides is 1. The molecule has 1 aromatic heterocycles. The molecule has 0 radical (unpaired) electrons. The van der Waals surface area contributed by atoms with Crippen LogP contribution in [0.3, 0.4) is 0 Å². The van der Waals surface area contributed by atoms with Crippen molar-refractivity contribution in [3.8, 4) is 11.4 Å². The third-order valence-corrected chi connectivity index (χ3v) is 6.07. The highest BCUT2D eigenvalue weighted by atomic mass is 16.4. The fourth-order valence-electron chi connectivity index (χ4n) is 4.02. The van der Waals surface area contributed by atoms with Crippen LogP contribution >= 0.6 is 0 Å².